The average Bonchev–Trinajstić information content (AvgIpc) is 2.22. The summed E-state index contributed by atoms with van der Waals surface area (Å²) in [4.78, 5) is 11.5. The topological polar surface area (TPSA) is 22.0 Å². The van der Waals surface area contributed by atoms with E-state index in [0.29, 0.717) is 6.54 Å². The van der Waals surface area contributed by atoms with Crippen LogP contribution in [0.3, 0.4) is 0 Å². The van der Waals surface area contributed by atoms with Crippen molar-refractivity contribution >= 4 is 22.6 Å². The molecule has 0 radical (unpaired) electrons. The minimum absolute atomic E-state index is 0.0383. The van der Waals surface area contributed by atoms with Crippen LogP contribution in [0.4, 0.5) is 0 Å². The Hall–Kier alpha value is -1.10. The summed E-state index contributed by atoms with van der Waals surface area (Å²) in [5.74, 6) is 0. The molecule has 0 unspecified atom stereocenters. The standard InChI is InChI=1S/C12H10INO/c13-11-5-3-4-10(8-11)9-14-7-2-1-6-12(14)15/h1-8H,9H2. The van der Waals surface area contributed by atoms with Crippen LogP contribution in [-0.4, -0.2) is 4.57 Å². The lowest BCUT2D eigenvalue weighted by atomic mass is 10.2. The van der Waals surface area contributed by atoms with Gasteiger partial charge in [-0.3, -0.25) is 4.79 Å². The van der Waals surface area contributed by atoms with Crippen LogP contribution in [0.25, 0.3) is 0 Å². The van der Waals surface area contributed by atoms with Crippen LogP contribution < -0.4 is 5.56 Å². The monoisotopic (exact) mass is 311 g/mol. The highest BCUT2D eigenvalue weighted by atomic mass is 127. The molecule has 0 atom stereocenters. The lowest BCUT2D eigenvalue weighted by Gasteiger charge is -2.05. The van der Waals surface area contributed by atoms with E-state index in [0.717, 1.165) is 5.56 Å². The van der Waals surface area contributed by atoms with Gasteiger partial charge in [0, 0.05) is 15.8 Å². The van der Waals surface area contributed by atoms with Crippen LogP contribution >= 0.6 is 22.6 Å². The van der Waals surface area contributed by atoms with Crippen molar-refractivity contribution in [3.8, 4) is 0 Å². The molecule has 2 rings (SSSR count). The van der Waals surface area contributed by atoms with Crippen LogP contribution in [-0.2, 0) is 6.54 Å². The Kier molecular flexibility index (Phi) is 3.20. The van der Waals surface area contributed by atoms with Gasteiger partial charge in [-0.15, -0.1) is 0 Å². The Morgan fingerprint density at radius 3 is 2.73 bits per heavy atom. The van der Waals surface area contributed by atoms with Crippen LogP contribution in [0.5, 0.6) is 0 Å². The molecule has 0 N–H and O–H groups in total. The van der Waals surface area contributed by atoms with E-state index in [9.17, 15) is 4.79 Å². The summed E-state index contributed by atoms with van der Waals surface area (Å²) in [6.07, 6.45) is 1.81. The molecule has 0 amide bonds. The van der Waals surface area contributed by atoms with Gasteiger partial charge >= 0.3 is 0 Å². The minimum atomic E-state index is 0.0383. The predicted octanol–water partition coefficient (Wildman–Crippen LogP) is 2.50. The predicted molar refractivity (Wildman–Crippen MR) is 69.0 cm³/mol. The minimum Gasteiger partial charge on any atom is -0.311 e. The third-order valence-corrected chi connectivity index (χ3v) is 2.81. The van der Waals surface area contributed by atoms with Crippen LogP contribution in [0.1, 0.15) is 5.56 Å². The summed E-state index contributed by atoms with van der Waals surface area (Å²) < 4.78 is 2.89. The lowest BCUT2D eigenvalue weighted by Crippen LogP contribution is -2.18. The molecule has 0 spiro atoms. The van der Waals surface area contributed by atoms with Gasteiger partial charge in [-0.05, 0) is 46.4 Å². The number of benzene rings is 1. The maximum Gasteiger partial charge on any atom is 0.250 e. The van der Waals surface area contributed by atoms with Gasteiger partial charge in [0.1, 0.15) is 0 Å². The van der Waals surface area contributed by atoms with E-state index in [1.54, 1.807) is 16.7 Å². The molecule has 0 bridgehead atoms. The van der Waals surface area contributed by atoms with Gasteiger partial charge in [0.2, 0.25) is 0 Å². The van der Waals surface area contributed by atoms with Crippen molar-refractivity contribution in [2.75, 3.05) is 0 Å². The first kappa shape index (κ1) is 10.4. The van der Waals surface area contributed by atoms with Crippen molar-refractivity contribution in [3.63, 3.8) is 0 Å². The molecule has 2 nitrogen and oxygen atoms in total. The van der Waals surface area contributed by atoms with E-state index < -0.39 is 0 Å². The zero-order chi connectivity index (χ0) is 10.7. The van der Waals surface area contributed by atoms with Crippen molar-refractivity contribution < 1.29 is 0 Å². The van der Waals surface area contributed by atoms with E-state index in [1.165, 1.54) is 3.57 Å². The van der Waals surface area contributed by atoms with Gasteiger partial charge < -0.3 is 4.57 Å². The molecule has 0 aliphatic rings. The SMILES string of the molecule is O=c1ccccn1Cc1cccc(I)c1. The maximum atomic E-state index is 11.5. The average molecular weight is 311 g/mol. The quantitative estimate of drug-likeness (QED) is 0.781. The number of hydrogen-bond donors (Lipinski definition) is 0. The number of nitrogens with zero attached hydrogens (tertiary/aromatic N) is 1. The fourth-order valence-electron chi connectivity index (χ4n) is 1.42. The van der Waals surface area contributed by atoms with Gasteiger partial charge in [0.05, 0.1) is 6.54 Å². The van der Waals surface area contributed by atoms with Gasteiger partial charge in [-0.25, -0.2) is 0 Å². The molecule has 76 valence electrons. The summed E-state index contributed by atoms with van der Waals surface area (Å²) in [6, 6.07) is 13.4. The van der Waals surface area contributed by atoms with E-state index in [4.69, 9.17) is 0 Å². The summed E-state index contributed by atoms with van der Waals surface area (Å²) in [5.41, 5.74) is 1.19. The van der Waals surface area contributed by atoms with Gasteiger partial charge in [-0.2, -0.15) is 0 Å². The number of rotatable bonds is 2. The zero-order valence-electron chi connectivity index (χ0n) is 8.06. The van der Waals surface area contributed by atoms with Crippen molar-refractivity contribution in [2.24, 2.45) is 0 Å². The Bertz CT molecular complexity index is 519. The summed E-state index contributed by atoms with van der Waals surface area (Å²) in [5, 5.41) is 0. The van der Waals surface area contributed by atoms with Gasteiger partial charge in [-0.1, -0.05) is 18.2 Å². The molecular weight excluding hydrogens is 301 g/mol. The highest BCUT2D eigenvalue weighted by Gasteiger charge is 1.96. The first-order valence-corrected chi connectivity index (χ1v) is 5.73. The first-order chi connectivity index (χ1) is 7.25. The highest BCUT2D eigenvalue weighted by Crippen LogP contribution is 2.08. The maximum absolute atomic E-state index is 11.5. The van der Waals surface area contributed by atoms with Crippen molar-refractivity contribution in [2.45, 2.75) is 6.54 Å². The smallest absolute Gasteiger partial charge is 0.250 e. The molecule has 15 heavy (non-hydrogen) atoms. The van der Waals surface area contributed by atoms with Crippen molar-refractivity contribution in [1.82, 2.24) is 4.57 Å². The third kappa shape index (κ3) is 2.68. The highest BCUT2D eigenvalue weighted by molar-refractivity contribution is 14.1. The fourth-order valence-corrected chi connectivity index (χ4v) is 2.03. The second-order valence-electron chi connectivity index (χ2n) is 3.30. The molecule has 1 aromatic carbocycles. The van der Waals surface area contributed by atoms with Crippen molar-refractivity contribution in [3.05, 3.63) is 68.1 Å². The van der Waals surface area contributed by atoms with E-state index in [1.807, 2.05) is 30.5 Å². The second-order valence-corrected chi connectivity index (χ2v) is 4.54. The third-order valence-electron chi connectivity index (χ3n) is 2.14. The summed E-state index contributed by atoms with van der Waals surface area (Å²) in [6.45, 7) is 0.635. The summed E-state index contributed by atoms with van der Waals surface area (Å²) >= 11 is 2.27. The molecule has 3 heteroatoms. The number of pyridine rings is 1. The van der Waals surface area contributed by atoms with Crippen LogP contribution in [0.15, 0.2) is 53.5 Å². The molecule has 0 saturated carbocycles. The Morgan fingerprint density at radius 2 is 2.00 bits per heavy atom. The molecule has 0 aliphatic carbocycles. The first-order valence-electron chi connectivity index (χ1n) is 4.65. The Balaban J connectivity index is 2.30. The number of halogens is 1. The zero-order valence-corrected chi connectivity index (χ0v) is 10.2. The molecule has 1 heterocycles. The molecule has 0 saturated heterocycles. The van der Waals surface area contributed by atoms with Crippen LogP contribution in [0.2, 0.25) is 0 Å². The van der Waals surface area contributed by atoms with E-state index in [-0.39, 0.29) is 5.56 Å². The second kappa shape index (κ2) is 4.61. The molecule has 1 aromatic heterocycles. The normalized spacial score (nSPS) is 10.2. The van der Waals surface area contributed by atoms with Gasteiger partial charge in [0.25, 0.3) is 5.56 Å². The molecule has 0 fully saturated rings. The van der Waals surface area contributed by atoms with Crippen LogP contribution in [0, 0.1) is 3.57 Å². The van der Waals surface area contributed by atoms with Gasteiger partial charge in [0.15, 0.2) is 0 Å². The van der Waals surface area contributed by atoms with Crippen molar-refractivity contribution in [1.29, 1.82) is 0 Å². The Labute approximate surface area is 102 Å². The molecular formula is C12H10INO. The molecule has 2 aromatic rings. The van der Waals surface area contributed by atoms with E-state index >= 15 is 0 Å². The number of hydrogen-bond acceptors (Lipinski definition) is 1. The lowest BCUT2D eigenvalue weighted by molar-refractivity contribution is 0.759. The number of aromatic nitrogens is 1. The largest absolute Gasteiger partial charge is 0.311 e. The van der Waals surface area contributed by atoms with E-state index in [2.05, 4.69) is 28.7 Å². The summed E-state index contributed by atoms with van der Waals surface area (Å²) in [7, 11) is 0. The Morgan fingerprint density at radius 1 is 1.13 bits per heavy atom. The fraction of sp³-hybridized carbons (Fsp3) is 0.0833. The molecule has 0 aliphatic heterocycles.